The maximum atomic E-state index is 11.1. The highest BCUT2D eigenvalue weighted by Crippen LogP contribution is 2.30. The molecule has 1 aliphatic heterocycles. The fraction of sp³-hybridized carbons (Fsp3) is 0.462. The van der Waals surface area contributed by atoms with E-state index in [2.05, 4.69) is 4.98 Å². The minimum atomic E-state index is -0.823. The van der Waals surface area contributed by atoms with E-state index in [-0.39, 0.29) is 29.4 Å². The molecule has 1 aromatic heterocycles. The van der Waals surface area contributed by atoms with E-state index in [1.165, 1.54) is 12.3 Å². The van der Waals surface area contributed by atoms with Gasteiger partial charge in [-0.15, -0.1) is 0 Å². The summed E-state index contributed by atoms with van der Waals surface area (Å²) in [4.78, 5) is 27.0. The fourth-order valence-corrected chi connectivity index (χ4v) is 2.48. The van der Waals surface area contributed by atoms with Gasteiger partial charge in [-0.05, 0) is 18.8 Å². The van der Waals surface area contributed by atoms with Crippen molar-refractivity contribution in [2.45, 2.75) is 19.3 Å². The monoisotopic (exact) mass is 290 g/mol. The molecule has 1 N–H and O–H groups in total. The van der Waals surface area contributed by atoms with Crippen molar-refractivity contribution in [3.8, 4) is 6.07 Å². The van der Waals surface area contributed by atoms with E-state index in [1.54, 1.807) is 4.90 Å². The van der Waals surface area contributed by atoms with Gasteiger partial charge in [-0.25, -0.2) is 4.98 Å². The highest BCUT2D eigenvalue weighted by molar-refractivity contribution is 5.67. The minimum Gasteiger partial charge on any atom is -0.481 e. The predicted molar refractivity (Wildman–Crippen MR) is 72.8 cm³/mol. The largest absolute Gasteiger partial charge is 0.481 e. The van der Waals surface area contributed by atoms with Crippen molar-refractivity contribution in [2.24, 2.45) is 5.92 Å². The maximum Gasteiger partial charge on any atom is 0.312 e. The molecular weight excluding hydrogens is 276 g/mol. The Hall–Kier alpha value is -2.69. The second kappa shape index (κ2) is 6.17. The van der Waals surface area contributed by atoms with Gasteiger partial charge in [0.2, 0.25) is 5.82 Å². The topological polar surface area (TPSA) is 120 Å². The summed E-state index contributed by atoms with van der Waals surface area (Å²) in [6, 6.07) is 3.04. The molecule has 0 spiro atoms. The van der Waals surface area contributed by atoms with Crippen molar-refractivity contribution in [2.75, 3.05) is 18.0 Å². The number of carboxylic acids is 1. The van der Waals surface area contributed by atoms with Crippen LogP contribution in [-0.2, 0) is 4.79 Å². The first-order valence-corrected chi connectivity index (χ1v) is 6.52. The van der Waals surface area contributed by atoms with Crippen LogP contribution in [0.1, 0.15) is 24.8 Å². The van der Waals surface area contributed by atoms with E-state index in [0.717, 1.165) is 0 Å². The normalized spacial score (nSPS) is 15.5. The van der Waals surface area contributed by atoms with Crippen LogP contribution in [0.4, 0.5) is 11.5 Å². The number of rotatable bonds is 4. The number of nitro groups is 1. The van der Waals surface area contributed by atoms with Gasteiger partial charge in [-0.2, -0.15) is 5.26 Å². The summed E-state index contributed by atoms with van der Waals surface area (Å²) in [5.41, 5.74) is -0.0445. The molecule has 1 fully saturated rings. The standard InChI is InChI=1S/C13H14N4O4/c14-7-10-5-11(17(20)21)13(15-8-10)16-3-1-9(2-4-16)6-12(18)19/h5,8-9H,1-4,6H2,(H,18,19). The number of carbonyl (C=O) groups is 1. The van der Waals surface area contributed by atoms with Crippen LogP contribution >= 0.6 is 0 Å². The molecule has 0 atom stereocenters. The van der Waals surface area contributed by atoms with Crippen LogP contribution < -0.4 is 4.90 Å². The lowest BCUT2D eigenvalue weighted by atomic mass is 9.93. The van der Waals surface area contributed by atoms with E-state index < -0.39 is 10.9 Å². The SMILES string of the molecule is N#Cc1cnc(N2CCC(CC(=O)O)CC2)c([N+](=O)[O-])c1. The van der Waals surface area contributed by atoms with Crippen molar-refractivity contribution < 1.29 is 14.8 Å². The van der Waals surface area contributed by atoms with Gasteiger partial charge in [0.05, 0.1) is 10.5 Å². The number of aromatic nitrogens is 1. The first-order valence-electron chi connectivity index (χ1n) is 6.52. The van der Waals surface area contributed by atoms with Gasteiger partial charge in [0.1, 0.15) is 6.07 Å². The van der Waals surface area contributed by atoms with Gasteiger partial charge in [0.25, 0.3) is 0 Å². The van der Waals surface area contributed by atoms with Crippen LogP contribution in [0.15, 0.2) is 12.3 Å². The van der Waals surface area contributed by atoms with Crippen LogP contribution in [0.5, 0.6) is 0 Å². The molecule has 0 unspecified atom stereocenters. The second-order valence-electron chi connectivity index (χ2n) is 4.96. The zero-order chi connectivity index (χ0) is 15.4. The van der Waals surface area contributed by atoms with Gasteiger partial charge >= 0.3 is 11.7 Å². The molecule has 2 heterocycles. The highest BCUT2D eigenvalue weighted by Gasteiger charge is 2.27. The number of nitriles is 1. The summed E-state index contributed by atoms with van der Waals surface area (Å²) in [5, 5.41) is 28.7. The quantitative estimate of drug-likeness (QED) is 0.659. The molecule has 1 aromatic rings. The summed E-state index contributed by atoms with van der Waals surface area (Å²) >= 11 is 0. The number of nitrogens with zero attached hydrogens (tertiary/aromatic N) is 4. The summed E-state index contributed by atoms with van der Waals surface area (Å²) < 4.78 is 0. The molecule has 0 bridgehead atoms. The predicted octanol–water partition coefficient (Wildman–Crippen LogP) is 1.55. The Balaban J connectivity index is 2.15. The number of pyridine rings is 1. The number of aliphatic carboxylic acids is 1. The summed E-state index contributed by atoms with van der Waals surface area (Å²) in [5.74, 6) is -0.486. The summed E-state index contributed by atoms with van der Waals surface area (Å²) in [7, 11) is 0. The van der Waals surface area contributed by atoms with Crippen molar-refractivity contribution in [1.29, 1.82) is 5.26 Å². The maximum absolute atomic E-state index is 11.1. The molecule has 0 amide bonds. The smallest absolute Gasteiger partial charge is 0.312 e. The van der Waals surface area contributed by atoms with Crippen LogP contribution in [0.2, 0.25) is 0 Å². The molecular formula is C13H14N4O4. The molecule has 21 heavy (non-hydrogen) atoms. The fourth-order valence-electron chi connectivity index (χ4n) is 2.48. The number of piperidine rings is 1. The molecule has 0 aliphatic carbocycles. The highest BCUT2D eigenvalue weighted by atomic mass is 16.6. The molecule has 0 radical (unpaired) electrons. The Morgan fingerprint density at radius 1 is 1.57 bits per heavy atom. The first kappa shape index (κ1) is 14.7. The van der Waals surface area contributed by atoms with E-state index in [4.69, 9.17) is 10.4 Å². The average molecular weight is 290 g/mol. The van der Waals surface area contributed by atoms with Crippen LogP contribution in [0.3, 0.4) is 0 Å². The third-order valence-electron chi connectivity index (χ3n) is 3.55. The molecule has 110 valence electrons. The van der Waals surface area contributed by atoms with E-state index in [9.17, 15) is 14.9 Å². The lowest BCUT2D eigenvalue weighted by Crippen LogP contribution is -2.35. The lowest BCUT2D eigenvalue weighted by Gasteiger charge is -2.31. The second-order valence-corrected chi connectivity index (χ2v) is 4.96. The molecule has 2 rings (SSSR count). The van der Waals surface area contributed by atoms with Gasteiger partial charge < -0.3 is 10.0 Å². The Kier molecular flexibility index (Phi) is 4.33. The van der Waals surface area contributed by atoms with Gasteiger partial charge in [0, 0.05) is 31.8 Å². The van der Waals surface area contributed by atoms with Crippen molar-refractivity contribution >= 4 is 17.5 Å². The zero-order valence-corrected chi connectivity index (χ0v) is 11.2. The lowest BCUT2D eigenvalue weighted by molar-refractivity contribution is -0.384. The van der Waals surface area contributed by atoms with Crippen molar-refractivity contribution in [3.05, 3.63) is 27.9 Å². The molecule has 0 aromatic carbocycles. The molecule has 8 nitrogen and oxygen atoms in total. The summed E-state index contributed by atoms with van der Waals surface area (Å²) in [6.07, 6.45) is 2.75. The first-order chi connectivity index (χ1) is 10.0. The van der Waals surface area contributed by atoms with Gasteiger partial charge in [-0.3, -0.25) is 14.9 Å². The Morgan fingerprint density at radius 3 is 2.76 bits per heavy atom. The van der Waals surface area contributed by atoms with E-state index in [1.807, 2.05) is 6.07 Å². The van der Waals surface area contributed by atoms with Crippen LogP contribution in [0, 0.1) is 27.4 Å². The third kappa shape index (κ3) is 3.45. The Bertz CT molecular complexity index is 603. The molecule has 1 saturated heterocycles. The minimum absolute atomic E-state index is 0.0937. The van der Waals surface area contributed by atoms with Crippen LogP contribution in [-0.4, -0.2) is 34.1 Å². The number of hydrogen-bond acceptors (Lipinski definition) is 6. The van der Waals surface area contributed by atoms with E-state index >= 15 is 0 Å². The van der Waals surface area contributed by atoms with Gasteiger partial charge in [-0.1, -0.05) is 0 Å². The van der Waals surface area contributed by atoms with E-state index in [0.29, 0.717) is 25.9 Å². The van der Waals surface area contributed by atoms with Crippen molar-refractivity contribution in [1.82, 2.24) is 4.98 Å². The number of anilines is 1. The van der Waals surface area contributed by atoms with Gasteiger partial charge in [0.15, 0.2) is 0 Å². The molecule has 1 aliphatic rings. The number of hydrogen-bond donors (Lipinski definition) is 1. The molecule has 8 heteroatoms. The number of carboxylic acid groups (broad SMARTS) is 1. The van der Waals surface area contributed by atoms with Crippen LogP contribution in [0.25, 0.3) is 0 Å². The third-order valence-corrected chi connectivity index (χ3v) is 3.55. The Labute approximate surface area is 120 Å². The molecule has 0 saturated carbocycles. The average Bonchev–Trinajstić information content (AvgIpc) is 2.47. The zero-order valence-electron chi connectivity index (χ0n) is 11.2. The summed E-state index contributed by atoms with van der Waals surface area (Å²) in [6.45, 7) is 1.05. The Morgan fingerprint density at radius 2 is 2.24 bits per heavy atom. The van der Waals surface area contributed by atoms with Crippen molar-refractivity contribution in [3.63, 3.8) is 0 Å².